The summed E-state index contributed by atoms with van der Waals surface area (Å²) < 4.78 is 12.1. The van der Waals surface area contributed by atoms with E-state index in [1.807, 2.05) is 6.92 Å². The van der Waals surface area contributed by atoms with E-state index in [2.05, 4.69) is 4.98 Å². The van der Waals surface area contributed by atoms with Gasteiger partial charge in [-0.25, -0.2) is 0 Å². The third-order valence-electron chi connectivity index (χ3n) is 2.49. The average molecular weight is 313 g/mol. The highest BCUT2D eigenvalue weighted by atomic mass is 35.5. The largest absolute Gasteiger partial charge is 0.398 e. The van der Waals surface area contributed by atoms with Crippen LogP contribution in [0, 0.1) is 0 Å². The van der Waals surface area contributed by atoms with E-state index >= 15 is 0 Å². The van der Waals surface area contributed by atoms with Crippen molar-refractivity contribution in [2.45, 2.75) is 6.92 Å². The molecule has 0 aliphatic heterocycles. The minimum atomic E-state index is -0.210. The van der Waals surface area contributed by atoms with Gasteiger partial charge in [0.15, 0.2) is 11.2 Å². The van der Waals surface area contributed by atoms with Gasteiger partial charge in [0.1, 0.15) is 10.8 Å². The third kappa shape index (κ3) is 3.33. The van der Waals surface area contributed by atoms with Crippen LogP contribution < -0.4 is 9.61 Å². The van der Waals surface area contributed by atoms with E-state index in [-0.39, 0.29) is 5.43 Å². The molecule has 0 N–H and O–H groups in total. The van der Waals surface area contributed by atoms with Gasteiger partial charge in [-0.05, 0) is 19.1 Å². The molecule has 0 unspecified atom stereocenters. The van der Waals surface area contributed by atoms with Crippen LogP contribution in [0.4, 0.5) is 0 Å². The van der Waals surface area contributed by atoms with Crippen molar-refractivity contribution < 1.29 is 8.37 Å². The summed E-state index contributed by atoms with van der Waals surface area (Å²) in [5, 5.41) is 0.362. The van der Waals surface area contributed by atoms with Gasteiger partial charge in [-0.1, -0.05) is 11.6 Å². The molecular weight excluding hydrogens is 300 g/mol. The number of hydrogen-bond donors (Lipinski definition) is 0. The summed E-state index contributed by atoms with van der Waals surface area (Å²) in [5.74, 6) is 0.463. The van der Waals surface area contributed by atoms with Crippen molar-refractivity contribution in [2.75, 3.05) is 6.61 Å². The smallest absolute Gasteiger partial charge is 0.225 e. The number of aromatic nitrogens is 2. The Hall–Kier alpha value is -1.50. The molecule has 2 rings (SSSR count). The standard InChI is InChI=1S/C13H13ClN2O3S/c1-3-18-20-19-11-5-4-6-15-13(11)9-8-16(2)12(14)7-10(9)17/h4-8H,3H2,1-2H3. The summed E-state index contributed by atoms with van der Waals surface area (Å²) in [4.78, 5) is 16.3. The Morgan fingerprint density at radius 2 is 2.30 bits per heavy atom. The molecule has 0 aliphatic carbocycles. The van der Waals surface area contributed by atoms with Crippen LogP contribution in [-0.4, -0.2) is 16.2 Å². The minimum Gasteiger partial charge on any atom is -0.398 e. The molecular formula is C13H13ClN2O3S. The highest BCUT2D eigenvalue weighted by molar-refractivity contribution is 7.90. The molecule has 2 heterocycles. The molecule has 0 aromatic carbocycles. The van der Waals surface area contributed by atoms with Crippen molar-refractivity contribution in [1.82, 2.24) is 9.55 Å². The van der Waals surface area contributed by atoms with Crippen molar-refractivity contribution in [2.24, 2.45) is 7.05 Å². The SMILES string of the molecule is CCOSOc1cccnc1-c1cn(C)c(Cl)cc1=O. The second-order valence-corrected chi connectivity index (χ2v) is 4.82. The lowest BCUT2D eigenvalue weighted by molar-refractivity contribution is 0.369. The van der Waals surface area contributed by atoms with Gasteiger partial charge in [-0.2, -0.15) is 0 Å². The Balaban J connectivity index is 2.42. The fraction of sp³-hybridized carbons (Fsp3) is 0.231. The van der Waals surface area contributed by atoms with Gasteiger partial charge in [0, 0.05) is 25.5 Å². The van der Waals surface area contributed by atoms with Gasteiger partial charge in [-0.3, -0.25) is 14.0 Å². The third-order valence-corrected chi connectivity index (χ3v) is 3.45. The van der Waals surface area contributed by atoms with Crippen LogP contribution in [0.25, 0.3) is 11.3 Å². The number of rotatable bonds is 5. The summed E-state index contributed by atoms with van der Waals surface area (Å²) in [7, 11) is 1.75. The number of halogens is 1. The first kappa shape index (κ1) is 14.9. The first-order valence-corrected chi connectivity index (χ1v) is 6.95. The first-order valence-electron chi connectivity index (χ1n) is 5.91. The van der Waals surface area contributed by atoms with Crippen LogP contribution in [0.5, 0.6) is 5.75 Å². The second kappa shape index (κ2) is 6.78. The molecule has 106 valence electrons. The van der Waals surface area contributed by atoms with Crippen LogP contribution in [0.2, 0.25) is 5.15 Å². The number of hydrogen-bond acceptors (Lipinski definition) is 5. The predicted octanol–water partition coefficient (Wildman–Crippen LogP) is 3.08. The van der Waals surface area contributed by atoms with E-state index in [1.165, 1.54) is 6.07 Å². The molecule has 7 heteroatoms. The molecule has 0 bridgehead atoms. The molecule has 0 saturated carbocycles. The molecule has 2 aromatic heterocycles. The average Bonchev–Trinajstić information content (AvgIpc) is 2.44. The molecule has 0 spiro atoms. The summed E-state index contributed by atoms with van der Waals surface area (Å²) >= 11 is 6.76. The normalized spacial score (nSPS) is 10.6. The maximum absolute atomic E-state index is 12.0. The van der Waals surface area contributed by atoms with Crippen LogP contribution in [0.3, 0.4) is 0 Å². The van der Waals surface area contributed by atoms with Gasteiger partial charge in [-0.15, -0.1) is 0 Å². The monoisotopic (exact) mass is 312 g/mol. The van der Waals surface area contributed by atoms with Crippen LogP contribution in [0.1, 0.15) is 6.92 Å². The zero-order valence-corrected chi connectivity index (χ0v) is 12.6. The maximum atomic E-state index is 12.0. The molecule has 0 fully saturated rings. The molecule has 2 aromatic rings. The van der Waals surface area contributed by atoms with Crippen molar-refractivity contribution in [3.8, 4) is 17.0 Å². The molecule has 20 heavy (non-hydrogen) atoms. The van der Waals surface area contributed by atoms with Crippen LogP contribution in [0.15, 0.2) is 35.4 Å². The van der Waals surface area contributed by atoms with Crippen LogP contribution >= 0.6 is 23.9 Å². The fourth-order valence-corrected chi connectivity index (χ4v) is 2.05. The molecule has 0 aliphatic rings. The van der Waals surface area contributed by atoms with E-state index in [0.717, 1.165) is 12.3 Å². The number of pyridine rings is 2. The predicted molar refractivity (Wildman–Crippen MR) is 79.8 cm³/mol. The van der Waals surface area contributed by atoms with Gasteiger partial charge >= 0.3 is 0 Å². The lowest BCUT2D eigenvalue weighted by Gasteiger charge is -2.09. The summed E-state index contributed by atoms with van der Waals surface area (Å²) in [6, 6.07) is 4.80. The van der Waals surface area contributed by atoms with Crippen molar-refractivity contribution in [3.05, 3.63) is 46.0 Å². The van der Waals surface area contributed by atoms with Crippen molar-refractivity contribution in [3.63, 3.8) is 0 Å². The molecule has 5 nitrogen and oxygen atoms in total. The lowest BCUT2D eigenvalue weighted by Crippen LogP contribution is -2.09. The Labute approximate surface area is 125 Å². The Morgan fingerprint density at radius 1 is 1.50 bits per heavy atom. The van der Waals surface area contributed by atoms with Gasteiger partial charge in [0.2, 0.25) is 12.3 Å². The molecule has 0 saturated heterocycles. The minimum absolute atomic E-state index is 0.210. The van der Waals surface area contributed by atoms with Gasteiger partial charge < -0.3 is 8.75 Å². The van der Waals surface area contributed by atoms with E-state index < -0.39 is 0 Å². The molecule has 0 radical (unpaired) electrons. The van der Waals surface area contributed by atoms with Gasteiger partial charge in [0.25, 0.3) is 0 Å². The topological polar surface area (TPSA) is 53.4 Å². The molecule has 0 atom stereocenters. The Kier molecular flexibility index (Phi) is 5.05. The fourth-order valence-electron chi connectivity index (χ4n) is 1.55. The van der Waals surface area contributed by atoms with E-state index in [4.69, 9.17) is 20.0 Å². The van der Waals surface area contributed by atoms with E-state index in [0.29, 0.717) is 28.8 Å². The van der Waals surface area contributed by atoms with E-state index in [9.17, 15) is 4.79 Å². The first-order chi connectivity index (χ1) is 9.63. The van der Waals surface area contributed by atoms with Crippen LogP contribution in [-0.2, 0) is 11.2 Å². The summed E-state index contributed by atoms with van der Waals surface area (Å²) in [6.07, 6.45) is 3.23. The second-order valence-electron chi connectivity index (χ2n) is 3.89. The van der Waals surface area contributed by atoms with Crippen molar-refractivity contribution in [1.29, 1.82) is 0 Å². The van der Waals surface area contributed by atoms with Crippen molar-refractivity contribution >= 4 is 23.9 Å². The molecule has 0 amide bonds. The lowest BCUT2D eigenvalue weighted by atomic mass is 10.1. The maximum Gasteiger partial charge on any atom is 0.225 e. The number of nitrogens with zero attached hydrogens (tertiary/aromatic N) is 2. The highest BCUT2D eigenvalue weighted by Crippen LogP contribution is 2.28. The Morgan fingerprint density at radius 3 is 3.05 bits per heavy atom. The summed E-state index contributed by atoms with van der Waals surface area (Å²) in [6.45, 7) is 2.37. The summed E-state index contributed by atoms with van der Waals surface area (Å²) in [5.41, 5.74) is 0.666. The van der Waals surface area contributed by atoms with Gasteiger partial charge in [0.05, 0.1) is 12.2 Å². The zero-order chi connectivity index (χ0) is 14.5. The van der Waals surface area contributed by atoms with E-state index in [1.54, 1.807) is 36.1 Å². The highest BCUT2D eigenvalue weighted by Gasteiger charge is 2.13. The Bertz CT molecular complexity index is 660. The number of aryl methyl sites for hydroxylation is 1. The quantitative estimate of drug-likeness (QED) is 0.482. The zero-order valence-electron chi connectivity index (χ0n) is 11.0.